The van der Waals surface area contributed by atoms with E-state index in [2.05, 4.69) is 72.3 Å². The summed E-state index contributed by atoms with van der Waals surface area (Å²) in [6.07, 6.45) is 13.0. The van der Waals surface area contributed by atoms with Gasteiger partial charge in [0, 0.05) is 29.9 Å². The van der Waals surface area contributed by atoms with Gasteiger partial charge in [-0.2, -0.15) is 5.10 Å². The lowest BCUT2D eigenvalue weighted by Gasteiger charge is -2.61. The topological polar surface area (TPSA) is 98.9 Å². The van der Waals surface area contributed by atoms with Crippen LogP contribution in [0.25, 0.3) is 0 Å². The van der Waals surface area contributed by atoms with Crippen molar-refractivity contribution in [3.8, 4) is 0 Å². The first-order chi connectivity index (χ1) is 20.2. The number of ketones is 1. The minimum Gasteiger partial charge on any atom is -0.393 e. The van der Waals surface area contributed by atoms with Gasteiger partial charge in [0.1, 0.15) is 5.60 Å². The highest BCUT2D eigenvalue weighted by Crippen LogP contribution is 2.68. The van der Waals surface area contributed by atoms with Crippen molar-refractivity contribution in [1.29, 1.82) is 0 Å². The van der Waals surface area contributed by atoms with Crippen LogP contribution in [0.15, 0.2) is 64.6 Å². The van der Waals surface area contributed by atoms with Crippen LogP contribution in [0.2, 0.25) is 0 Å². The number of carbonyl (C=O) groups is 1. The van der Waals surface area contributed by atoms with E-state index in [1.165, 1.54) is 28.6 Å². The molecule has 9 atom stereocenters. The number of allylic oxidation sites excluding steroid dienone is 1. The number of Topliss-reactive ketones (excluding diaryl/α,β-unsaturated/α-hetero) is 1. The van der Waals surface area contributed by atoms with Crippen LogP contribution in [0.4, 0.5) is 5.69 Å². The van der Waals surface area contributed by atoms with Gasteiger partial charge in [-0.15, -0.1) is 0 Å². The Morgan fingerprint density at radius 3 is 2.69 bits per heavy atom. The average molecular weight is 587 g/mol. The van der Waals surface area contributed by atoms with Gasteiger partial charge in [0.2, 0.25) is 0 Å². The van der Waals surface area contributed by atoms with E-state index in [4.69, 9.17) is 5.10 Å². The molecule has 2 aromatic rings. The van der Waals surface area contributed by atoms with E-state index >= 15 is 0 Å². The van der Waals surface area contributed by atoms with Crippen molar-refractivity contribution in [2.75, 3.05) is 10.8 Å². The predicted octanol–water partition coefficient (Wildman–Crippen LogP) is 5.47. The molecule has 3 fully saturated rings. The third kappa shape index (κ3) is 4.08. The van der Waals surface area contributed by atoms with Gasteiger partial charge in [-0.05, 0) is 85.8 Å². The largest absolute Gasteiger partial charge is 0.393 e. The normalized spacial score (nSPS) is 40.1. The molecule has 5 aliphatic rings. The summed E-state index contributed by atoms with van der Waals surface area (Å²) in [5.41, 5.74) is 1.76. The van der Waals surface area contributed by atoms with Crippen molar-refractivity contribution in [2.24, 2.45) is 39.6 Å². The Morgan fingerprint density at radius 2 is 1.90 bits per heavy atom. The van der Waals surface area contributed by atoms with Crippen molar-refractivity contribution >= 4 is 29.4 Å². The smallest absolute Gasteiger partial charge is 0.187 e. The fourth-order valence-electron chi connectivity index (χ4n) is 9.91. The summed E-state index contributed by atoms with van der Waals surface area (Å²) in [4.78, 5) is 22.1. The predicted molar refractivity (Wildman–Crippen MR) is 165 cm³/mol. The summed E-state index contributed by atoms with van der Waals surface area (Å²) in [6.45, 7) is 6.64. The molecule has 0 radical (unpaired) electrons. The van der Waals surface area contributed by atoms with Crippen LogP contribution in [0.3, 0.4) is 0 Å². The zero-order valence-corrected chi connectivity index (χ0v) is 25.6. The van der Waals surface area contributed by atoms with Gasteiger partial charge in [0.25, 0.3) is 0 Å². The summed E-state index contributed by atoms with van der Waals surface area (Å²) >= 11 is 1.28. The molecule has 0 spiro atoms. The van der Waals surface area contributed by atoms with E-state index in [0.717, 1.165) is 32.1 Å². The summed E-state index contributed by atoms with van der Waals surface area (Å²) in [6, 6.07) is 10.5. The van der Waals surface area contributed by atoms with Crippen LogP contribution in [0, 0.1) is 34.5 Å². The van der Waals surface area contributed by atoms with Crippen molar-refractivity contribution in [3.05, 3.63) is 59.9 Å². The molecule has 0 saturated heterocycles. The maximum atomic E-state index is 13.6. The number of aliphatic hydroxyl groups is 2. The lowest BCUT2D eigenvalue weighted by Crippen LogP contribution is -2.62. The highest BCUT2D eigenvalue weighted by atomic mass is 32.2. The Morgan fingerprint density at radius 1 is 1.12 bits per heavy atom. The van der Waals surface area contributed by atoms with Crippen LogP contribution in [-0.2, 0) is 11.2 Å². The molecule has 42 heavy (non-hydrogen) atoms. The first kappa shape index (κ1) is 28.2. The lowest BCUT2D eigenvalue weighted by molar-refractivity contribution is -0.179. The Hall–Kier alpha value is -2.55. The summed E-state index contributed by atoms with van der Waals surface area (Å²) < 4.78 is 0. The third-order valence-corrected chi connectivity index (χ3v) is 12.8. The Kier molecular flexibility index (Phi) is 6.91. The summed E-state index contributed by atoms with van der Waals surface area (Å²) in [5.74, 6) is 0.873. The average Bonchev–Trinajstić information content (AvgIpc) is 3.51. The van der Waals surface area contributed by atoms with Gasteiger partial charge in [-0.25, -0.2) is 9.97 Å². The quantitative estimate of drug-likeness (QED) is 0.263. The number of hydrazone groups is 1. The minimum absolute atomic E-state index is 0.117. The monoisotopic (exact) mass is 586 g/mol. The number of hydrogen-bond acceptors (Lipinski definition) is 8. The molecular weight excluding hydrogens is 544 g/mol. The van der Waals surface area contributed by atoms with E-state index in [1.54, 1.807) is 18.5 Å². The zero-order chi connectivity index (χ0) is 29.3. The van der Waals surface area contributed by atoms with Crippen LogP contribution in [-0.4, -0.2) is 55.7 Å². The Bertz CT molecular complexity index is 1430. The number of aliphatic hydroxyl groups excluding tert-OH is 1. The molecule has 8 heteroatoms. The first-order valence-corrected chi connectivity index (χ1v) is 16.6. The van der Waals surface area contributed by atoms with Gasteiger partial charge in [0.05, 0.1) is 23.6 Å². The molecule has 2 N–H and O–H groups in total. The van der Waals surface area contributed by atoms with Gasteiger partial charge < -0.3 is 10.2 Å². The maximum Gasteiger partial charge on any atom is 0.187 e. The van der Waals surface area contributed by atoms with Crippen LogP contribution < -0.4 is 5.01 Å². The zero-order valence-electron chi connectivity index (χ0n) is 24.8. The van der Waals surface area contributed by atoms with E-state index in [-0.39, 0.29) is 40.7 Å². The summed E-state index contributed by atoms with van der Waals surface area (Å²) in [7, 11) is 0. The van der Waals surface area contributed by atoms with Crippen LogP contribution >= 0.6 is 11.8 Å². The number of rotatable bonds is 6. The van der Waals surface area contributed by atoms with Gasteiger partial charge in [-0.3, -0.25) is 9.80 Å². The second-order valence-corrected chi connectivity index (χ2v) is 14.7. The highest BCUT2D eigenvalue weighted by molar-refractivity contribution is 7.99. The molecule has 0 amide bonds. The van der Waals surface area contributed by atoms with E-state index < -0.39 is 17.1 Å². The number of aromatic nitrogens is 2. The molecule has 3 saturated carbocycles. The first-order valence-electron chi connectivity index (χ1n) is 15.7. The lowest BCUT2D eigenvalue weighted by atomic mass is 9.44. The van der Waals surface area contributed by atoms with E-state index in [9.17, 15) is 15.0 Å². The van der Waals surface area contributed by atoms with Gasteiger partial charge in [-0.1, -0.05) is 62.4 Å². The Labute approximate surface area is 252 Å². The van der Waals surface area contributed by atoms with Crippen LogP contribution in [0.5, 0.6) is 0 Å². The van der Waals surface area contributed by atoms with Gasteiger partial charge in [0.15, 0.2) is 10.9 Å². The molecule has 7 rings (SSSR count). The van der Waals surface area contributed by atoms with Crippen LogP contribution in [0.1, 0.15) is 64.9 Å². The molecule has 7 nitrogen and oxygen atoms in total. The number of carbonyl (C=O) groups excluding carboxylic acids is 1. The number of thioether (sulfide) groups is 1. The van der Waals surface area contributed by atoms with Crippen molar-refractivity contribution in [3.63, 3.8) is 0 Å². The van der Waals surface area contributed by atoms with Crippen molar-refractivity contribution in [1.82, 2.24) is 9.97 Å². The molecular formula is C34H42N4O3S. The van der Waals surface area contributed by atoms with E-state index in [1.807, 2.05) is 0 Å². The minimum atomic E-state index is -1.44. The van der Waals surface area contributed by atoms with Crippen molar-refractivity contribution in [2.45, 2.75) is 88.6 Å². The van der Waals surface area contributed by atoms with E-state index in [0.29, 0.717) is 23.9 Å². The number of aryl methyl sites for hydroxylation is 1. The molecule has 4 aliphatic carbocycles. The Balaban J connectivity index is 1.14. The summed E-state index contributed by atoms with van der Waals surface area (Å²) in [5, 5.41) is 31.7. The molecule has 1 aliphatic heterocycles. The second kappa shape index (κ2) is 10.3. The maximum absolute atomic E-state index is 13.6. The molecule has 9 unspecified atom stereocenters. The van der Waals surface area contributed by atoms with Crippen molar-refractivity contribution < 1.29 is 15.0 Å². The SMILES string of the molecule is CCc1ccccc1N1N=CC2CC3(C)C(=CC21)CCC1C3C(O)CC2(C)C1CCC2(O)C(=O)CSc1ncccn1. The fourth-order valence-corrected chi connectivity index (χ4v) is 10.7. The van der Waals surface area contributed by atoms with Gasteiger partial charge >= 0.3 is 0 Å². The standard InChI is InChI=1S/C34H42N4O3S/c1-4-21-8-5-6-9-26(21)38-27-16-23-10-11-24-25-12-13-34(41,29(40)20-42-31-35-14-7-15-36-31)33(25,3)18-28(39)30(24)32(23,2)17-22(27)19-37-38/h5-9,14-16,19,22,24-25,27-28,30,39,41H,4,10-13,17-18,20H2,1-3H3. The molecule has 222 valence electrons. The number of para-hydroxylation sites is 1. The number of anilines is 1. The number of fused-ring (bicyclic) bond motifs is 6. The fraction of sp³-hybridized carbons (Fsp3) is 0.588. The molecule has 1 aromatic carbocycles. The number of nitrogens with zero attached hydrogens (tertiary/aromatic N) is 4. The number of benzene rings is 1. The third-order valence-electron chi connectivity index (χ3n) is 11.9. The number of hydrogen-bond donors (Lipinski definition) is 2. The highest BCUT2D eigenvalue weighted by Gasteiger charge is 2.68. The second-order valence-electron chi connectivity index (χ2n) is 13.7. The molecule has 0 bridgehead atoms. The molecule has 2 heterocycles. The molecule has 1 aromatic heterocycles.